The number of hydrogen-bond acceptors (Lipinski definition) is 9. The Labute approximate surface area is 273 Å². The molecule has 0 fully saturated rings. The fourth-order valence-corrected chi connectivity index (χ4v) is 6.59. The van der Waals surface area contributed by atoms with E-state index >= 15 is 0 Å². The van der Waals surface area contributed by atoms with E-state index in [1.165, 1.54) is 10.9 Å². The Hall–Kier alpha value is -5.27. The van der Waals surface area contributed by atoms with Crippen molar-refractivity contribution < 1.29 is 14.7 Å². The summed E-state index contributed by atoms with van der Waals surface area (Å²) in [5.74, 6) is -0.994. The lowest BCUT2D eigenvalue weighted by molar-refractivity contribution is -0.136. The van der Waals surface area contributed by atoms with E-state index in [2.05, 4.69) is 87.7 Å². The summed E-state index contributed by atoms with van der Waals surface area (Å²) in [6, 6.07) is 14.3. The van der Waals surface area contributed by atoms with Gasteiger partial charge in [0.2, 0.25) is 5.91 Å². The highest BCUT2D eigenvalue weighted by Gasteiger charge is 2.26. The number of rotatable bonds is 8. The van der Waals surface area contributed by atoms with Crippen LogP contribution < -0.4 is 15.9 Å². The van der Waals surface area contributed by atoms with Crippen LogP contribution in [0.25, 0.3) is 18.0 Å². The third-order valence-electron chi connectivity index (χ3n) is 7.63. The molecule has 0 unspecified atom stereocenters. The molecule has 1 aliphatic rings. The van der Waals surface area contributed by atoms with Gasteiger partial charge in [-0.05, 0) is 36.1 Å². The van der Waals surface area contributed by atoms with Crippen molar-refractivity contribution in [1.82, 2.24) is 24.5 Å². The zero-order valence-electron chi connectivity index (χ0n) is 25.1. The van der Waals surface area contributed by atoms with Gasteiger partial charge < -0.3 is 20.3 Å². The molecule has 232 valence electrons. The van der Waals surface area contributed by atoms with Gasteiger partial charge in [0.15, 0.2) is 5.13 Å². The molecule has 6 rings (SSSR count). The second-order valence-electron chi connectivity index (χ2n) is 11.1. The zero-order chi connectivity index (χ0) is 32.5. The summed E-state index contributed by atoms with van der Waals surface area (Å²) in [5.41, 5.74) is 7.21. The molecule has 0 aliphatic heterocycles. The van der Waals surface area contributed by atoms with Crippen LogP contribution >= 0.6 is 23.6 Å². The summed E-state index contributed by atoms with van der Waals surface area (Å²) in [6.45, 7) is 4.03. The predicted octanol–water partition coefficient (Wildman–Crippen LogP) is 5.12. The fourth-order valence-electron chi connectivity index (χ4n) is 5.51. The van der Waals surface area contributed by atoms with Gasteiger partial charge in [0.05, 0.1) is 18.7 Å². The van der Waals surface area contributed by atoms with Crippen LogP contribution in [0.15, 0.2) is 65.2 Å². The van der Waals surface area contributed by atoms with E-state index in [1.807, 2.05) is 0 Å². The lowest BCUT2D eigenvalue weighted by Crippen LogP contribution is -2.31. The molecule has 3 heterocycles. The fraction of sp³-hybridized carbons (Fsp3) is 0.182. The van der Waals surface area contributed by atoms with E-state index in [0.29, 0.717) is 21.3 Å². The van der Waals surface area contributed by atoms with Crippen LogP contribution in [0.2, 0.25) is 0 Å². The number of anilines is 2. The van der Waals surface area contributed by atoms with E-state index in [1.54, 1.807) is 29.6 Å². The van der Waals surface area contributed by atoms with E-state index in [4.69, 9.17) is 17.3 Å². The van der Waals surface area contributed by atoms with Crippen molar-refractivity contribution in [3.63, 3.8) is 0 Å². The lowest BCUT2D eigenvalue weighted by Gasteiger charge is -2.23. The van der Waals surface area contributed by atoms with Crippen molar-refractivity contribution in [2.24, 2.45) is 0 Å². The molecule has 0 saturated carbocycles. The smallest absolute Gasteiger partial charge is 0.332 e. The largest absolute Gasteiger partial charge is 0.481 e. The Morgan fingerprint density at radius 3 is 2.37 bits per heavy atom. The molecular weight excluding hydrogens is 623 g/mol. The quantitative estimate of drug-likeness (QED) is 0.191. The first-order valence-electron chi connectivity index (χ1n) is 14.3. The maximum absolute atomic E-state index is 13.3. The molecule has 46 heavy (non-hydrogen) atoms. The molecule has 3 aromatic heterocycles. The van der Waals surface area contributed by atoms with Gasteiger partial charge in [0.1, 0.15) is 22.6 Å². The van der Waals surface area contributed by atoms with E-state index in [-0.39, 0.29) is 30.6 Å². The van der Waals surface area contributed by atoms with Crippen LogP contribution in [0.3, 0.4) is 0 Å². The maximum Gasteiger partial charge on any atom is 0.332 e. The third-order valence-corrected chi connectivity index (χ3v) is 8.86. The molecule has 0 saturated heterocycles. The number of aromatic nitrogens is 5. The van der Waals surface area contributed by atoms with Gasteiger partial charge in [0.25, 0.3) is 0 Å². The van der Waals surface area contributed by atoms with Gasteiger partial charge in [0, 0.05) is 36.2 Å². The first-order valence-corrected chi connectivity index (χ1v) is 15.6. The van der Waals surface area contributed by atoms with E-state index < -0.39 is 11.7 Å². The molecule has 0 atom stereocenters. The molecule has 3 N–H and O–H groups in total. The van der Waals surface area contributed by atoms with Crippen LogP contribution in [0, 0.1) is 18.5 Å². The predicted molar refractivity (Wildman–Crippen MR) is 180 cm³/mol. The molecule has 0 bridgehead atoms. The van der Waals surface area contributed by atoms with Crippen LogP contribution in [0.4, 0.5) is 10.9 Å². The Morgan fingerprint density at radius 1 is 1.04 bits per heavy atom. The topological polar surface area (TPSA) is 146 Å². The SMILES string of the molecule is Cc1ccc2c(c1)C=Cc1cc(C)ccc1C2c1c[nH]c(=O)n(-c2cc(N(C)CC(=O)Nc3nc(CC(=O)O)cs3)ncn2)c1=S. The van der Waals surface area contributed by atoms with E-state index in [0.717, 1.165) is 50.3 Å². The number of likely N-dealkylation sites (N-methyl/N-ethyl adjacent to an activating group) is 1. The maximum atomic E-state index is 13.3. The van der Waals surface area contributed by atoms with Crippen molar-refractivity contribution >= 4 is 58.5 Å². The number of hydrogen-bond donors (Lipinski definition) is 3. The number of carbonyl (C=O) groups is 2. The minimum absolute atomic E-state index is 0.0897. The van der Waals surface area contributed by atoms with Crippen molar-refractivity contribution in [2.75, 3.05) is 23.8 Å². The Balaban J connectivity index is 1.33. The normalized spacial score (nSPS) is 12.2. The minimum atomic E-state index is -1.00. The highest BCUT2D eigenvalue weighted by Crippen LogP contribution is 2.40. The highest BCUT2D eigenvalue weighted by atomic mass is 32.1. The average Bonchev–Trinajstić information content (AvgIpc) is 3.37. The third kappa shape index (κ3) is 6.28. The Morgan fingerprint density at radius 2 is 1.72 bits per heavy atom. The number of carboxylic acids is 1. The van der Waals surface area contributed by atoms with Crippen molar-refractivity contribution in [2.45, 2.75) is 26.2 Å². The second-order valence-corrected chi connectivity index (χ2v) is 12.3. The number of aryl methyl sites for hydroxylation is 2. The van der Waals surface area contributed by atoms with Crippen LogP contribution in [0.5, 0.6) is 0 Å². The van der Waals surface area contributed by atoms with Gasteiger partial charge in [-0.2, -0.15) is 0 Å². The van der Waals surface area contributed by atoms with Crippen molar-refractivity contribution in [1.29, 1.82) is 0 Å². The highest BCUT2D eigenvalue weighted by molar-refractivity contribution is 7.71. The molecule has 0 spiro atoms. The number of carboxylic acid groups (broad SMARTS) is 1. The number of H-pyrrole nitrogens is 1. The van der Waals surface area contributed by atoms with Crippen LogP contribution in [-0.2, 0) is 16.0 Å². The summed E-state index contributed by atoms with van der Waals surface area (Å²) in [5, 5.41) is 13.5. The van der Waals surface area contributed by atoms with Gasteiger partial charge >= 0.3 is 11.7 Å². The van der Waals surface area contributed by atoms with Crippen molar-refractivity contribution in [3.8, 4) is 5.82 Å². The number of amides is 1. The van der Waals surface area contributed by atoms with Crippen LogP contribution in [-0.4, -0.2) is 55.1 Å². The summed E-state index contributed by atoms with van der Waals surface area (Å²) >= 11 is 7.16. The molecular formula is C33H29N7O4S2. The van der Waals surface area contributed by atoms with Crippen LogP contribution in [0.1, 0.15) is 50.6 Å². The first kappa shape index (κ1) is 30.7. The standard InChI is InChI=1S/C33H29N7O4S2/c1-18-4-8-23-20(10-18)6-7-21-11-19(2)5-9-24(21)30(23)25-14-34-33(44)40(31(25)45)27-13-26(35-17-36-27)39(3)15-28(41)38-32-37-22(16-46-32)12-29(42)43/h4-11,13-14,16-17,30H,12,15H2,1-3H3,(H,34,44)(H,42,43)(H,37,38,41). The number of nitrogens with one attached hydrogen (secondary N) is 2. The monoisotopic (exact) mass is 651 g/mol. The molecule has 1 aliphatic carbocycles. The molecule has 1 amide bonds. The number of nitrogens with zero attached hydrogens (tertiary/aromatic N) is 5. The second kappa shape index (κ2) is 12.6. The van der Waals surface area contributed by atoms with Gasteiger partial charge in [-0.25, -0.2) is 24.3 Å². The zero-order valence-corrected chi connectivity index (χ0v) is 26.8. The molecule has 2 aromatic carbocycles. The first-order chi connectivity index (χ1) is 22.1. The molecule has 13 heteroatoms. The number of fused-ring (bicyclic) bond motifs is 2. The van der Waals surface area contributed by atoms with Gasteiger partial charge in [-0.1, -0.05) is 71.9 Å². The number of benzene rings is 2. The number of aromatic amines is 1. The average molecular weight is 652 g/mol. The Bertz CT molecular complexity index is 2090. The van der Waals surface area contributed by atoms with Crippen molar-refractivity contribution in [3.05, 3.63) is 120 Å². The minimum Gasteiger partial charge on any atom is -0.481 e. The summed E-state index contributed by atoms with van der Waals surface area (Å²) < 4.78 is 1.66. The summed E-state index contributed by atoms with van der Waals surface area (Å²) in [7, 11) is 1.68. The van der Waals surface area contributed by atoms with Gasteiger partial charge in [-0.15, -0.1) is 11.3 Å². The molecule has 5 aromatic rings. The number of thiazole rings is 1. The van der Waals surface area contributed by atoms with Gasteiger partial charge in [-0.3, -0.25) is 9.59 Å². The number of carbonyl (C=O) groups excluding carboxylic acids is 1. The molecule has 11 nitrogen and oxygen atoms in total. The summed E-state index contributed by atoms with van der Waals surface area (Å²) in [4.78, 5) is 54.3. The summed E-state index contributed by atoms with van der Waals surface area (Å²) in [6.07, 6.45) is 7.01. The molecule has 0 radical (unpaired) electrons. The lowest BCUT2D eigenvalue weighted by atomic mass is 9.83. The Kier molecular flexibility index (Phi) is 8.43. The van der Waals surface area contributed by atoms with E-state index in [9.17, 15) is 14.4 Å². The number of aliphatic carboxylic acids is 1.